The van der Waals surface area contributed by atoms with Crippen molar-refractivity contribution < 1.29 is 4.79 Å². The molecule has 3 nitrogen and oxygen atoms in total. The Bertz CT molecular complexity index is 215. The van der Waals surface area contributed by atoms with Crippen LogP contribution in [0, 0.1) is 11.8 Å². The molecule has 1 atom stereocenters. The molecule has 1 unspecified atom stereocenters. The van der Waals surface area contributed by atoms with E-state index in [1.165, 1.54) is 0 Å². The molecule has 1 aliphatic heterocycles. The van der Waals surface area contributed by atoms with Crippen molar-refractivity contribution in [2.24, 2.45) is 11.8 Å². The van der Waals surface area contributed by atoms with Crippen LogP contribution in [0.25, 0.3) is 0 Å². The molecule has 0 aliphatic carbocycles. The first-order chi connectivity index (χ1) is 7.69. The quantitative estimate of drug-likeness (QED) is 0.825. The maximum absolute atomic E-state index is 12.1. The van der Waals surface area contributed by atoms with Gasteiger partial charge in [0.15, 0.2) is 0 Å². The molecule has 1 fully saturated rings. The second kappa shape index (κ2) is 8.76. The molecule has 4 heteroatoms. The third-order valence-corrected chi connectivity index (χ3v) is 3.56. The summed E-state index contributed by atoms with van der Waals surface area (Å²) in [5.41, 5.74) is 0. The molecule has 0 aromatic carbocycles. The Kier molecular flexibility index (Phi) is 8.61. The minimum absolute atomic E-state index is 0. The molecule has 17 heavy (non-hydrogen) atoms. The largest absolute Gasteiger partial charge is 0.342 e. The third-order valence-electron chi connectivity index (χ3n) is 3.56. The lowest BCUT2D eigenvalue weighted by molar-refractivity contribution is -0.136. The first-order valence-electron chi connectivity index (χ1n) is 6.62. The lowest BCUT2D eigenvalue weighted by Gasteiger charge is -2.33. The van der Waals surface area contributed by atoms with Gasteiger partial charge in [0, 0.05) is 19.0 Å². The number of rotatable bonds is 5. The highest BCUT2D eigenvalue weighted by molar-refractivity contribution is 5.85. The van der Waals surface area contributed by atoms with Gasteiger partial charge in [-0.05, 0) is 38.8 Å². The molecule has 1 rings (SSSR count). The van der Waals surface area contributed by atoms with Crippen LogP contribution in [-0.2, 0) is 4.79 Å². The summed E-state index contributed by atoms with van der Waals surface area (Å²) in [6.07, 6.45) is 4.44. The Morgan fingerprint density at radius 1 is 1.41 bits per heavy atom. The number of likely N-dealkylation sites (tertiary alicyclic amines) is 1. The Morgan fingerprint density at radius 3 is 2.47 bits per heavy atom. The smallest absolute Gasteiger partial charge is 0.225 e. The molecule has 0 saturated carbocycles. The van der Waals surface area contributed by atoms with Gasteiger partial charge in [0.25, 0.3) is 0 Å². The van der Waals surface area contributed by atoms with E-state index in [2.05, 4.69) is 24.1 Å². The summed E-state index contributed by atoms with van der Waals surface area (Å²) in [6, 6.07) is 0. The van der Waals surface area contributed by atoms with Crippen LogP contribution in [0.4, 0.5) is 0 Å². The molecule has 1 aliphatic rings. The third kappa shape index (κ3) is 5.26. The molecule has 0 bridgehead atoms. The van der Waals surface area contributed by atoms with Crippen molar-refractivity contribution in [2.45, 2.75) is 39.5 Å². The molecule has 1 saturated heterocycles. The van der Waals surface area contributed by atoms with Crippen molar-refractivity contribution in [3.05, 3.63) is 0 Å². The Balaban J connectivity index is 0.00000256. The molecule has 102 valence electrons. The Hall–Kier alpha value is -0.280. The minimum Gasteiger partial charge on any atom is -0.342 e. The van der Waals surface area contributed by atoms with Crippen LogP contribution in [0.2, 0.25) is 0 Å². The molecule has 1 heterocycles. The van der Waals surface area contributed by atoms with Crippen LogP contribution in [0.1, 0.15) is 39.5 Å². The fraction of sp³-hybridized carbons (Fsp3) is 0.923. The topological polar surface area (TPSA) is 32.3 Å². The first kappa shape index (κ1) is 16.7. The van der Waals surface area contributed by atoms with E-state index in [9.17, 15) is 4.79 Å². The second-order valence-electron chi connectivity index (χ2n) is 5.02. The van der Waals surface area contributed by atoms with Gasteiger partial charge < -0.3 is 10.2 Å². The van der Waals surface area contributed by atoms with Crippen molar-refractivity contribution in [2.75, 3.05) is 26.7 Å². The van der Waals surface area contributed by atoms with Crippen LogP contribution in [0.5, 0.6) is 0 Å². The highest BCUT2D eigenvalue weighted by Crippen LogP contribution is 2.19. The molecule has 0 aromatic rings. The number of carbonyl (C=O) groups excluding carboxylic acids is 1. The van der Waals surface area contributed by atoms with E-state index in [0.29, 0.717) is 5.91 Å². The van der Waals surface area contributed by atoms with Gasteiger partial charge in [-0.15, -0.1) is 12.4 Å². The van der Waals surface area contributed by atoms with Crippen molar-refractivity contribution in [1.29, 1.82) is 0 Å². The minimum atomic E-state index is 0. The van der Waals surface area contributed by atoms with Crippen LogP contribution in [0.3, 0.4) is 0 Å². The number of nitrogens with zero attached hydrogens (tertiary/aromatic N) is 1. The van der Waals surface area contributed by atoms with Gasteiger partial charge in [0.05, 0.1) is 0 Å². The monoisotopic (exact) mass is 262 g/mol. The van der Waals surface area contributed by atoms with E-state index in [4.69, 9.17) is 0 Å². The maximum Gasteiger partial charge on any atom is 0.225 e. The van der Waals surface area contributed by atoms with Gasteiger partial charge in [-0.2, -0.15) is 0 Å². The molecule has 1 N–H and O–H groups in total. The van der Waals surface area contributed by atoms with E-state index < -0.39 is 0 Å². The zero-order chi connectivity index (χ0) is 12.0. The van der Waals surface area contributed by atoms with Crippen molar-refractivity contribution in [3.63, 3.8) is 0 Å². The standard InChI is InChI=1S/C13H26N2O.ClH/c1-4-5-11(2)13(16)15-8-6-12(7-9-15)10-14-3;/h11-12,14H,4-10H2,1-3H3;1H. The Labute approximate surface area is 112 Å². The normalized spacial score (nSPS) is 18.6. The van der Waals surface area contributed by atoms with Crippen LogP contribution >= 0.6 is 12.4 Å². The van der Waals surface area contributed by atoms with E-state index in [1.807, 2.05) is 7.05 Å². The van der Waals surface area contributed by atoms with Crippen LogP contribution < -0.4 is 5.32 Å². The number of carbonyl (C=O) groups is 1. The summed E-state index contributed by atoms with van der Waals surface area (Å²) < 4.78 is 0. The summed E-state index contributed by atoms with van der Waals surface area (Å²) in [5.74, 6) is 1.34. The second-order valence-corrected chi connectivity index (χ2v) is 5.02. The zero-order valence-electron chi connectivity index (χ0n) is 11.4. The van der Waals surface area contributed by atoms with Gasteiger partial charge in [-0.3, -0.25) is 4.79 Å². The number of halogens is 1. The van der Waals surface area contributed by atoms with Gasteiger partial charge >= 0.3 is 0 Å². The van der Waals surface area contributed by atoms with Crippen molar-refractivity contribution in [1.82, 2.24) is 10.2 Å². The van der Waals surface area contributed by atoms with E-state index in [1.54, 1.807) is 0 Å². The number of hydrogen-bond donors (Lipinski definition) is 1. The highest BCUT2D eigenvalue weighted by atomic mass is 35.5. The molecular weight excluding hydrogens is 236 g/mol. The lowest BCUT2D eigenvalue weighted by Crippen LogP contribution is -2.42. The lowest BCUT2D eigenvalue weighted by atomic mass is 9.95. The summed E-state index contributed by atoms with van der Waals surface area (Å²) in [5, 5.41) is 3.22. The number of piperidine rings is 1. The fourth-order valence-corrected chi connectivity index (χ4v) is 2.51. The van der Waals surface area contributed by atoms with Crippen molar-refractivity contribution >= 4 is 18.3 Å². The van der Waals surface area contributed by atoms with Gasteiger partial charge in [0.1, 0.15) is 0 Å². The van der Waals surface area contributed by atoms with Gasteiger partial charge in [0.2, 0.25) is 5.91 Å². The summed E-state index contributed by atoms with van der Waals surface area (Å²) in [4.78, 5) is 14.1. The highest BCUT2D eigenvalue weighted by Gasteiger charge is 2.24. The number of amides is 1. The van der Waals surface area contributed by atoms with Gasteiger partial charge in [-0.1, -0.05) is 20.3 Å². The first-order valence-corrected chi connectivity index (χ1v) is 6.62. The van der Waals surface area contributed by atoms with Crippen LogP contribution in [0.15, 0.2) is 0 Å². The summed E-state index contributed by atoms with van der Waals surface area (Å²) in [7, 11) is 2.00. The Morgan fingerprint density at radius 2 is 2.00 bits per heavy atom. The van der Waals surface area contributed by atoms with Crippen molar-refractivity contribution in [3.8, 4) is 0 Å². The average Bonchev–Trinajstić information content (AvgIpc) is 2.30. The van der Waals surface area contributed by atoms with Gasteiger partial charge in [-0.25, -0.2) is 0 Å². The molecule has 0 radical (unpaired) electrons. The predicted octanol–water partition coefficient (Wildman–Crippen LogP) is 2.30. The number of nitrogens with one attached hydrogen (secondary N) is 1. The number of hydrogen-bond acceptors (Lipinski definition) is 2. The van der Waals surface area contributed by atoms with E-state index in [0.717, 1.165) is 51.2 Å². The molecular formula is C13H27ClN2O. The summed E-state index contributed by atoms with van der Waals surface area (Å²) >= 11 is 0. The zero-order valence-corrected chi connectivity index (χ0v) is 12.2. The molecule has 0 aromatic heterocycles. The van der Waals surface area contributed by atoms with Crippen LogP contribution in [-0.4, -0.2) is 37.5 Å². The SMILES string of the molecule is CCCC(C)C(=O)N1CCC(CNC)CC1.Cl. The maximum atomic E-state index is 12.1. The fourth-order valence-electron chi connectivity index (χ4n) is 2.51. The average molecular weight is 263 g/mol. The summed E-state index contributed by atoms with van der Waals surface area (Å²) in [6.45, 7) is 7.21. The van der Waals surface area contributed by atoms with E-state index in [-0.39, 0.29) is 18.3 Å². The van der Waals surface area contributed by atoms with E-state index >= 15 is 0 Å². The predicted molar refractivity (Wildman–Crippen MR) is 74.6 cm³/mol. The molecule has 0 spiro atoms. The molecule has 1 amide bonds.